The smallest absolute Gasteiger partial charge is 0.270 e. The van der Waals surface area contributed by atoms with Crippen molar-refractivity contribution in [2.45, 2.75) is 39.7 Å². The summed E-state index contributed by atoms with van der Waals surface area (Å²) >= 11 is 0. The molecule has 0 radical (unpaired) electrons. The van der Waals surface area contributed by atoms with Crippen molar-refractivity contribution in [3.05, 3.63) is 29.8 Å². The fourth-order valence-electron chi connectivity index (χ4n) is 3.75. The van der Waals surface area contributed by atoms with Crippen LogP contribution < -0.4 is 5.32 Å². The second-order valence-electron chi connectivity index (χ2n) is 6.40. The van der Waals surface area contributed by atoms with Crippen molar-refractivity contribution >= 4 is 16.9 Å². The predicted molar refractivity (Wildman–Crippen MR) is 90.5 cm³/mol. The summed E-state index contributed by atoms with van der Waals surface area (Å²) in [5.74, 6) is 0.557. The van der Waals surface area contributed by atoms with Gasteiger partial charge in [0.25, 0.3) is 5.91 Å². The number of piperidine rings is 3. The van der Waals surface area contributed by atoms with Crippen LogP contribution in [0.1, 0.15) is 43.2 Å². The van der Waals surface area contributed by atoms with E-state index in [-0.39, 0.29) is 19.4 Å². The van der Waals surface area contributed by atoms with Gasteiger partial charge >= 0.3 is 0 Å². The molecule has 0 aliphatic carbocycles. The van der Waals surface area contributed by atoms with E-state index in [0.717, 1.165) is 29.5 Å². The van der Waals surface area contributed by atoms with Crippen LogP contribution in [0.4, 0.5) is 0 Å². The Morgan fingerprint density at radius 1 is 1.43 bits per heavy atom. The molecule has 5 rings (SSSR count). The van der Waals surface area contributed by atoms with Gasteiger partial charge in [0.05, 0.1) is 12.5 Å². The largest absolute Gasteiger partial charge is 0.462 e. The van der Waals surface area contributed by atoms with Crippen LogP contribution in [0, 0.1) is 5.92 Å². The quantitative estimate of drug-likeness (QED) is 0.946. The van der Waals surface area contributed by atoms with E-state index in [1.165, 1.54) is 25.9 Å². The van der Waals surface area contributed by atoms with Gasteiger partial charge in [0, 0.05) is 18.0 Å². The summed E-state index contributed by atoms with van der Waals surface area (Å²) in [5, 5.41) is 4.18. The highest BCUT2D eigenvalue weighted by Gasteiger charge is 2.35. The van der Waals surface area contributed by atoms with Crippen molar-refractivity contribution in [2.75, 3.05) is 19.6 Å². The summed E-state index contributed by atoms with van der Waals surface area (Å²) in [7, 11) is 0. The maximum atomic E-state index is 12.5. The molecule has 2 aromatic rings. The molecule has 1 atom stereocenters. The Bertz CT molecular complexity index is 701. The Labute approximate surface area is 137 Å². The van der Waals surface area contributed by atoms with Gasteiger partial charge < -0.3 is 14.6 Å². The first-order valence-corrected chi connectivity index (χ1v) is 8.14. The van der Waals surface area contributed by atoms with E-state index >= 15 is 0 Å². The molecule has 5 nitrogen and oxygen atoms in total. The van der Waals surface area contributed by atoms with Gasteiger partial charge in [0.15, 0.2) is 5.58 Å². The van der Waals surface area contributed by atoms with E-state index < -0.39 is 0 Å². The Hall–Kier alpha value is -1.88. The second-order valence-corrected chi connectivity index (χ2v) is 6.40. The summed E-state index contributed by atoms with van der Waals surface area (Å²) in [5.41, 5.74) is 2.35. The third-order valence-electron chi connectivity index (χ3n) is 5.13. The average molecular weight is 315 g/mol. The molecule has 23 heavy (non-hydrogen) atoms. The molecule has 124 valence electrons. The molecular weight excluding hydrogens is 290 g/mol. The van der Waals surface area contributed by atoms with Crippen molar-refractivity contribution in [2.24, 2.45) is 5.92 Å². The molecule has 0 spiro atoms. The van der Waals surface area contributed by atoms with Gasteiger partial charge in [0.2, 0.25) is 0 Å². The molecule has 5 heteroatoms. The maximum Gasteiger partial charge on any atom is 0.270 e. The molecule has 0 saturated carbocycles. The molecular formula is C18H25N3O2. The number of fused-ring (bicyclic) bond motifs is 4. The Morgan fingerprint density at radius 3 is 2.87 bits per heavy atom. The van der Waals surface area contributed by atoms with Crippen LogP contribution in [0.5, 0.6) is 0 Å². The van der Waals surface area contributed by atoms with E-state index in [0.29, 0.717) is 11.6 Å². The zero-order valence-corrected chi connectivity index (χ0v) is 12.8. The first-order chi connectivity index (χ1) is 10.7. The first-order valence-electron chi connectivity index (χ1n) is 8.14. The molecule has 5 heterocycles. The number of carbonyl (C=O) groups excluding carboxylic acids is 1. The maximum absolute atomic E-state index is 12.5. The van der Waals surface area contributed by atoms with Crippen molar-refractivity contribution < 1.29 is 9.21 Å². The van der Waals surface area contributed by atoms with Gasteiger partial charge in [-0.25, -0.2) is 4.98 Å². The SMILES string of the molecule is C.CCc1coc2cnc(C(=O)N[C@H]3CN4CCC3CC4)cc12. The summed E-state index contributed by atoms with van der Waals surface area (Å²) in [6.45, 7) is 5.41. The number of amides is 1. The molecule has 0 unspecified atom stereocenters. The number of aryl methyl sites for hydroxylation is 1. The van der Waals surface area contributed by atoms with Crippen molar-refractivity contribution in [1.82, 2.24) is 15.2 Å². The minimum atomic E-state index is -0.0658. The van der Waals surface area contributed by atoms with E-state index in [2.05, 4.69) is 22.1 Å². The number of carbonyl (C=O) groups is 1. The van der Waals surface area contributed by atoms with Crippen LogP contribution in [0.2, 0.25) is 0 Å². The standard InChI is InChI=1S/C17H21N3O2.CH4/c1-2-11-10-22-16-8-18-14(7-13(11)16)17(21)19-15-9-20-5-3-12(15)4-6-20;/h7-8,10,12,15H,2-6,9H2,1H3,(H,19,21);1H4/t15-;/m0./s1. The van der Waals surface area contributed by atoms with Gasteiger partial charge in [-0.05, 0) is 49.9 Å². The van der Waals surface area contributed by atoms with Gasteiger partial charge in [-0.15, -0.1) is 0 Å². The summed E-state index contributed by atoms with van der Waals surface area (Å²) in [6, 6.07) is 2.12. The fraction of sp³-hybridized carbons (Fsp3) is 0.556. The minimum absolute atomic E-state index is 0. The van der Waals surface area contributed by atoms with E-state index in [1.54, 1.807) is 12.5 Å². The molecule has 2 aromatic heterocycles. The topological polar surface area (TPSA) is 58.4 Å². The summed E-state index contributed by atoms with van der Waals surface area (Å²) in [4.78, 5) is 19.2. The highest BCUT2D eigenvalue weighted by atomic mass is 16.3. The van der Waals surface area contributed by atoms with E-state index in [4.69, 9.17) is 4.42 Å². The zero-order valence-electron chi connectivity index (χ0n) is 12.8. The minimum Gasteiger partial charge on any atom is -0.462 e. The zero-order chi connectivity index (χ0) is 15.1. The molecule has 1 amide bonds. The number of hydrogen-bond acceptors (Lipinski definition) is 4. The number of furan rings is 1. The molecule has 2 bridgehead atoms. The van der Waals surface area contributed by atoms with Crippen molar-refractivity contribution in [1.29, 1.82) is 0 Å². The van der Waals surface area contributed by atoms with Gasteiger partial charge in [-0.1, -0.05) is 14.4 Å². The normalized spacial score (nSPS) is 26.0. The number of hydrogen-bond donors (Lipinski definition) is 1. The lowest BCUT2D eigenvalue weighted by Gasteiger charge is -2.44. The highest BCUT2D eigenvalue weighted by Crippen LogP contribution is 2.28. The van der Waals surface area contributed by atoms with Crippen LogP contribution in [-0.4, -0.2) is 41.5 Å². The second kappa shape index (κ2) is 6.32. The highest BCUT2D eigenvalue weighted by molar-refractivity contribution is 5.96. The molecule has 3 aliphatic heterocycles. The number of nitrogens with zero attached hydrogens (tertiary/aromatic N) is 2. The van der Waals surface area contributed by atoms with Crippen LogP contribution in [-0.2, 0) is 6.42 Å². The van der Waals surface area contributed by atoms with Crippen LogP contribution in [0.15, 0.2) is 22.9 Å². The lowest BCUT2D eigenvalue weighted by Crippen LogP contribution is -2.57. The molecule has 3 saturated heterocycles. The van der Waals surface area contributed by atoms with Gasteiger partial charge in [-0.2, -0.15) is 0 Å². The molecule has 1 N–H and O–H groups in total. The Morgan fingerprint density at radius 2 is 2.22 bits per heavy atom. The lowest BCUT2D eigenvalue weighted by molar-refractivity contribution is 0.0618. The fourth-order valence-corrected chi connectivity index (χ4v) is 3.75. The van der Waals surface area contributed by atoms with Gasteiger partial charge in [-0.3, -0.25) is 4.79 Å². The van der Waals surface area contributed by atoms with Gasteiger partial charge in [0.1, 0.15) is 5.69 Å². The van der Waals surface area contributed by atoms with Crippen molar-refractivity contribution in [3.8, 4) is 0 Å². The number of aromatic nitrogens is 1. The molecule has 3 aliphatic rings. The predicted octanol–water partition coefficient (Wildman–Crippen LogP) is 2.85. The number of pyridine rings is 1. The Balaban J connectivity index is 0.00000156. The number of nitrogens with one attached hydrogen (secondary N) is 1. The van der Waals surface area contributed by atoms with Crippen LogP contribution >= 0.6 is 0 Å². The summed E-state index contributed by atoms with van der Waals surface area (Å²) < 4.78 is 5.46. The van der Waals surface area contributed by atoms with E-state index in [9.17, 15) is 4.79 Å². The molecule has 3 fully saturated rings. The number of rotatable bonds is 3. The van der Waals surface area contributed by atoms with Crippen molar-refractivity contribution in [3.63, 3.8) is 0 Å². The first kappa shape index (κ1) is 16.0. The summed E-state index contributed by atoms with van der Waals surface area (Å²) in [6.07, 6.45) is 6.68. The van der Waals surface area contributed by atoms with Crippen LogP contribution in [0.3, 0.4) is 0 Å². The third-order valence-corrected chi connectivity index (χ3v) is 5.13. The van der Waals surface area contributed by atoms with E-state index in [1.807, 2.05) is 6.07 Å². The monoisotopic (exact) mass is 315 g/mol. The Kier molecular flexibility index (Phi) is 4.39. The van der Waals surface area contributed by atoms with Crippen LogP contribution in [0.25, 0.3) is 11.0 Å². The molecule has 0 aromatic carbocycles. The third kappa shape index (κ3) is 2.85. The lowest BCUT2D eigenvalue weighted by atomic mass is 9.84. The average Bonchev–Trinajstić information content (AvgIpc) is 2.98.